The Morgan fingerprint density at radius 3 is 2.79 bits per heavy atom. The molecule has 0 aromatic rings. The molecule has 1 heterocycles. The summed E-state index contributed by atoms with van der Waals surface area (Å²) in [6.45, 7) is 5.94. The molecular weight excluding hydrogens is 176 g/mol. The van der Waals surface area contributed by atoms with Crippen LogP contribution in [0.15, 0.2) is 0 Å². The molecule has 2 unspecified atom stereocenters. The number of rotatable bonds is 4. The monoisotopic (exact) mass is 198 g/mol. The van der Waals surface area contributed by atoms with Crippen LogP contribution in [-0.2, 0) is 4.79 Å². The number of amides is 1. The number of carbonyl (C=O) groups excluding carboxylic acids is 1. The Morgan fingerprint density at radius 2 is 2.21 bits per heavy atom. The molecular formula is C11H22N2O. The summed E-state index contributed by atoms with van der Waals surface area (Å²) < 4.78 is 0. The zero-order valence-corrected chi connectivity index (χ0v) is 9.33. The molecule has 1 aliphatic rings. The number of piperidine rings is 1. The molecule has 1 aliphatic heterocycles. The van der Waals surface area contributed by atoms with E-state index < -0.39 is 0 Å². The fourth-order valence-corrected chi connectivity index (χ4v) is 1.79. The lowest BCUT2D eigenvalue weighted by atomic mass is 9.98. The molecule has 1 rings (SSSR count). The normalized spacial score (nSPS) is 22.2. The molecule has 2 N–H and O–H groups in total. The number of likely N-dealkylation sites (tertiary alicyclic amines) is 1. The average Bonchev–Trinajstić information content (AvgIpc) is 2.20. The van der Waals surface area contributed by atoms with E-state index in [0.717, 1.165) is 32.4 Å². The van der Waals surface area contributed by atoms with Crippen LogP contribution in [0.1, 0.15) is 39.5 Å². The van der Waals surface area contributed by atoms with Crippen molar-refractivity contribution in [2.24, 2.45) is 11.7 Å². The number of nitrogens with two attached hydrogens (primary N) is 1. The van der Waals surface area contributed by atoms with Crippen LogP contribution in [0, 0.1) is 5.92 Å². The maximum Gasteiger partial charge on any atom is 0.222 e. The van der Waals surface area contributed by atoms with Gasteiger partial charge in [-0.3, -0.25) is 4.79 Å². The third kappa shape index (κ3) is 2.98. The van der Waals surface area contributed by atoms with Crippen molar-refractivity contribution in [1.29, 1.82) is 0 Å². The molecule has 14 heavy (non-hydrogen) atoms. The average molecular weight is 198 g/mol. The second kappa shape index (κ2) is 5.35. The van der Waals surface area contributed by atoms with Gasteiger partial charge in [-0.2, -0.15) is 0 Å². The van der Waals surface area contributed by atoms with Gasteiger partial charge in [0.15, 0.2) is 0 Å². The summed E-state index contributed by atoms with van der Waals surface area (Å²) in [6.07, 6.45) is 3.99. The van der Waals surface area contributed by atoms with Crippen molar-refractivity contribution in [3.05, 3.63) is 0 Å². The Labute approximate surface area is 86.6 Å². The van der Waals surface area contributed by atoms with Gasteiger partial charge in [-0.1, -0.05) is 20.3 Å². The quantitative estimate of drug-likeness (QED) is 0.741. The first-order chi connectivity index (χ1) is 6.65. The largest absolute Gasteiger partial charge is 0.341 e. The summed E-state index contributed by atoms with van der Waals surface area (Å²) in [5.41, 5.74) is 6.03. The van der Waals surface area contributed by atoms with Gasteiger partial charge >= 0.3 is 0 Å². The molecule has 0 aliphatic carbocycles. The third-order valence-electron chi connectivity index (χ3n) is 3.23. The van der Waals surface area contributed by atoms with Crippen molar-refractivity contribution < 1.29 is 4.79 Å². The van der Waals surface area contributed by atoms with Crippen molar-refractivity contribution >= 4 is 5.91 Å². The Hall–Kier alpha value is -0.570. The highest BCUT2D eigenvalue weighted by Crippen LogP contribution is 2.13. The SMILES string of the molecule is CCC(C)C(N)CN1CCCCC1=O. The molecule has 2 atom stereocenters. The van der Waals surface area contributed by atoms with Crippen LogP contribution in [0.25, 0.3) is 0 Å². The first kappa shape index (κ1) is 11.5. The van der Waals surface area contributed by atoms with Crippen molar-refractivity contribution in [1.82, 2.24) is 4.90 Å². The van der Waals surface area contributed by atoms with Crippen LogP contribution < -0.4 is 5.73 Å². The van der Waals surface area contributed by atoms with Crippen molar-refractivity contribution in [2.45, 2.75) is 45.6 Å². The summed E-state index contributed by atoms with van der Waals surface area (Å²) in [4.78, 5) is 13.4. The Kier molecular flexibility index (Phi) is 4.39. The Balaban J connectivity index is 2.38. The van der Waals surface area contributed by atoms with Gasteiger partial charge < -0.3 is 10.6 Å². The molecule has 3 heteroatoms. The lowest BCUT2D eigenvalue weighted by Crippen LogP contribution is -2.45. The maximum atomic E-state index is 11.5. The molecule has 0 saturated carbocycles. The van der Waals surface area contributed by atoms with E-state index in [1.807, 2.05) is 4.90 Å². The van der Waals surface area contributed by atoms with Gasteiger partial charge in [0.2, 0.25) is 5.91 Å². The van der Waals surface area contributed by atoms with E-state index in [0.29, 0.717) is 12.3 Å². The third-order valence-corrected chi connectivity index (χ3v) is 3.23. The van der Waals surface area contributed by atoms with E-state index in [-0.39, 0.29) is 11.9 Å². The van der Waals surface area contributed by atoms with E-state index in [2.05, 4.69) is 13.8 Å². The molecule has 1 saturated heterocycles. The highest BCUT2D eigenvalue weighted by Gasteiger charge is 2.21. The van der Waals surface area contributed by atoms with Crippen molar-refractivity contribution in [3.63, 3.8) is 0 Å². The van der Waals surface area contributed by atoms with Crippen LogP contribution in [0.3, 0.4) is 0 Å². The summed E-state index contributed by atoms with van der Waals surface area (Å²) >= 11 is 0. The van der Waals surface area contributed by atoms with Crippen molar-refractivity contribution in [3.8, 4) is 0 Å². The molecule has 0 aromatic carbocycles. The lowest BCUT2D eigenvalue weighted by molar-refractivity contribution is -0.133. The number of hydrogen-bond donors (Lipinski definition) is 1. The van der Waals surface area contributed by atoms with E-state index in [1.54, 1.807) is 0 Å². The number of hydrogen-bond acceptors (Lipinski definition) is 2. The fraction of sp³-hybridized carbons (Fsp3) is 0.909. The topological polar surface area (TPSA) is 46.3 Å². The van der Waals surface area contributed by atoms with Gasteiger partial charge in [0.25, 0.3) is 0 Å². The standard InChI is InChI=1S/C11H22N2O/c1-3-9(2)10(12)8-13-7-5-4-6-11(13)14/h9-10H,3-8,12H2,1-2H3. The minimum Gasteiger partial charge on any atom is -0.341 e. The summed E-state index contributed by atoms with van der Waals surface area (Å²) in [5, 5.41) is 0. The fourth-order valence-electron chi connectivity index (χ4n) is 1.79. The van der Waals surface area contributed by atoms with E-state index >= 15 is 0 Å². The summed E-state index contributed by atoms with van der Waals surface area (Å²) in [6, 6.07) is 0.141. The minimum atomic E-state index is 0.141. The summed E-state index contributed by atoms with van der Waals surface area (Å²) in [7, 11) is 0. The zero-order chi connectivity index (χ0) is 10.6. The van der Waals surface area contributed by atoms with E-state index in [1.165, 1.54) is 0 Å². The molecule has 0 spiro atoms. The summed E-state index contributed by atoms with van der Waals surface area (Å²) in [5.74, 6) is 0.791. The molecule has 3 nitrogen and oxygen atoms in total. The van der Waals surface area contributed by atoms with Crippen LogP contribution in [0.2, 0.25) is 0 Å². The van der Waals surface area contributed by atoms with Crippen molar-refractivity contribution in [2.75, 3.05) is 13.1 Å². The Morgan fingerprint density at radius 1 is 1.50 bits per heavy atom. The molecule has 1 amide bonds. The maximum absolute atomic E-state index is 11.5. The first-order valence-electron chi connectivity index (χ1n) is 5.68. The van der Waals surface area contributed by atoms with Crippen LogP contribution in [-0.4, -0.2) is 29.9 Å². The second-order valence-electron chi connectivity index (χ2n) is 4.35. The van der Waals surface area contributed by atoms with Gasteiger partial charge in [-0.25, -0.2) is 0 Å². The molecule has 82 valence electrons. The first-order valence-corrected chi connectivity index (χ1v) is 5.68. The number of nitrogens with zero attached hydrogens (tertiary/aromatic N) is 1. The van der Waals surface area contributed by atoms with Gasteiger partial charge in [-0.05, 0) is 18.8 Å². The van der Waals surface area contributed by atoms with Gasteiger partial charge in [-0.15, -0.1) is 0 Å². The van der Waals surface area contributed by atoms with E-state index in [9.17, 15) is 4.79 Å². The van der Waals surface area contributed by atoms with E-state index in [4.69, 9.17) is 5.73 Å². The molecule has 1 fully saturated rings. The van der Waals surface area contributed by atoms with Crippen LogP contribution in [0.5, 0.6) is 0 Å². The van der Waals surface area contributed by atoms with Gasteiger partial charge in [0.05, 0.1) is 0 Å². The van der Waals surface area contributed by atoms with Crippen LogP contribution >= 0.6 is 0 Å². The number of carbonyl (C=O) groups is 1. The predicted octanol–water partition coefficient (Wildman–Crippen LogP) is 1.37. The predicted molar refractivity (Wildman–Crippen MR) is 57.9 cm³/mol. The molecule has 0 aromatic heterocycles. The second-order valence-corrected chi connectivity index (χ2v) is 4.35. The lowest BCUT2D eigenvalue weighted by Gasteiger charge is -2.31. The van der Waals surface area contributed by atoms with Gasteiger partial charge in [0.1, 0.15) is 0 Å². The zero-order valence-electron chi connectivity index (χ0n) is 9.33. The molecule has 0 bridgehead atoms. The minimum absolute atomic E-state index is 0.141. The molecule has 0 radical (unpaired) electrons. The highest BCUT2D eigenvalue weighted by molar-refractivity contribution is 5.76. The van der Waals surface area contributed by atoms with Crippen LogP contribution in [0.4, 0.5) is 0 Å². The highest BCUT2D eigenvalue weighted by atomic mass is 16.2. The smallest absolute Gasteiger partial charge is 0.222 e. The van der Waals surface area contributed by atoms with Gasteiger partial charge in [0, 0.05) is 25.6 Å². The Bertz CT molecular complexity index is 194.